The monoisotopic (exact) mass is 431 g/mol. The molecule has 2 N–H and O–H groups in total. The Morgan fingerprint density at radius 1 is 1.03 bits per heavy atom. The summed E-state index contributed by atoms with van der Waals surface area (Å²) in [6.07, 6.45) is 9.24. The summed E-state index contributed by atoms with van der Waals surface area (Å²) in [6, 6.07) is 13.3. The van der Waals surface area contributed by atoms with Gasteiger partial charge in [-0.15, -0.1) is 0 Å². The summed E-state index contributed by atoms with van der Waals surface area (Å²) in [5.41, 5.74) is 6.78. The lowest BCUT2D eigenvalue weighted by atomic mass is 9.97. The molecule has 2 heterocycles. The van der Waals surface area contributed by atoms with Crippen molar-refractivity contribution in [3.8, 4) is 0 Å². The molecule has 5 rings (SSSR count). The van der Waals surface area contributed by atoms with Gasteiger partial charge in [0.25, 0.3) is 0 Å². The molecule has 1 unspecified atom stereocenters. The van der Waals surface area contributed by atoms with Crippen LogP contribution in [0.3, 0.4) is 0 Å². The van der Waals surface area contributed by atoms with Crippen LogP contribution < -0.4 is 10.2 Å². The number of aliphatic imine (C=N–C) groups is 1. The van der Waals surface area contributed by atoms with Gasteiger partial charge in [0.1, 0.15) is 11.9 Å². The van der Waals surface area contributed by atoms with Crippen LogP contribution in [0, 0.1) is 13.8 Å². The van der Waals surface area contributed by atoms with Crippen LogP contribution in [0.25, 0.3) is 11.0 Å². The molecule has 1 saturated carbocycles. The third-order valence-electron chi connectivity index (χ3n) is 6.52. The highest BCUT2D eigenvalue weighted by Crippen LogP contribution is 2.36. The second-order valence-corrected chi connectivity index (χ2v) is 9.21. The number of anilines is 1. The van der Waals surface area contributed by atoms with Gasteiger partial charge in [0.2, 0.25) is 0 Å². The van der Waals surface area contributed by atoms with Crippen molar-refractivity contribution >= 4 is 39.9 Å². The van der Waals surface area contributed by atoms with E-state index >= 15 is 0 Å². The molecule has 1 aromatic heterocycles. The van der Waals surface area contributed by atoms with Crippen molar-refractivity contribution in [1.29, 1.82) is 0 Å². The summed E-state index contributed by atoms with van der Waals surface area (Å²) >= 11 is 5.85. The lowest BCUT2D eigenvalue weighted by Crippen LogP contribution is -2.29. The van der Waals surface area contributed by atoms with Crippen molar-refractivity contribution in [3.05, 3.63) is 59.4 Å². The number of imidazole rings is 1. The molecule has 1 atom stereocenters. The first-order valence-corrected chi connectivity index (χ1v) is 11.7. The average Bonchev–Trinajstić information content (AvgIpc) is 3.23. The molecule has 0 radical (unpaired) electrons. The summed E-state index contributed by atoms with van der Waals surface area (Å²) in [5, 5.41) is 4.19. The number of benzene rings is 2. The van der Waals surface area contributed by atoms with Crippen LogP contribution in [0.15, 0.2) is 47.7 Å². The molecule has 2 aliphatic rings. The molecule has 160 valence electrons. The summed E-state index contributed by atoms with van der Waals surface area (Å²) in [4.78, 5) is 15.0. The molecule has 6 heteroatoms. The number of thiocarbonyl (C=S) groups is 1. The molecule has 31 heavy (non-hydrogen) atoms. The number of aryl methyl sites for hydroxylation is 2. The van der Waals surface area contributed by atoms with Crippen molar-refractivity contribution in [1.82, 2.24) is 15.3 Å². The zero-order chi connectivity index (χ0) is 21.4. The summed E-state index contributed by atoms with van der Waals surface area (Å²) in [7, 11) is 0. The van der Waals surface area contributed by atoms with Gasteiger partial charge in [0, 0.05) is 5.69 Å². The molecule has 3 aromatic rings. The zero-order valence-corrected chi connectivity index (χ0v) is 19.0. The Morgan fingerprint density at radius 2 is 1.84 bits per heavy atom. The van der Waals surface area contributed by atoms with Crippen LogP contribution in [-0.4, -0.2) is 27.0 Å². The van der Waals surface area contributed by atoms with Crippen LogP contribution in [0.1, 0.15) is 61.3 Å². The predicted octanol–water partition coefficient (Wildman–Crippen LogP) is 5.74. The van der Waals surface area contributed by atoms with E-state index in [1.807, 2.05) is 6.07 Å². The Balaban J connectivity index is 1.60. The molecule has 1 aliphatic heterocycles. The average molecular weight is 432 g/mol. The zero-order valence-electron chi connectivity index (χ0n) is 18.2. The van der Waals surface area contributed by atoms with Gasteiger partial charge in [-0.25, -0.2) is 4.98 Å². The number of hydrogen-bond acceptors (Lipinski definition) is 3. The Hall–Kier alpha value is -2.73. The molecule has 1 aliphatic carbocycles. The van der Waals surface area contributed by atoms with Crippen LogP contribution in [-0.2, 0) is 0 Å². The number of rotatable bonds is 3. The van der Waals surface area contributed by atoms with E-state index in [1.54, 1.807) is 6.33 Å². The number of amidine groups is 1. The van der Waals surface area contributed by atoms with Crippen molar-refractivity contribution in [3.63, 3.8) is 0 Å². The van der Waals surface area contributed by atoms with Gasteiger partial charge < -0.3 is 15.2 Å². The van der Waals surface area contributed by atoms with Gasteiger partial charge >= 0.3 is 0 Å². The third-order valence-corrected chi connectivity index (χ3v) is 6.82. The van der Waals surface area contributed by atoms with E-state index in [1.165, 1.54) is 42.4 Å². The van der Waals surface area contributed by atoms with Gasteiger partial charge in [-0.1, -0.05) is 49.4 Å². The Bertz CT molecular complexity index is 1140. The normalized spacial score (nSPS) is 21.6. The maximum atomic E-state index is 5.85. The van der Waals surface area contributed by atoms with E-state index in [-0.39, 0.29) is 6.04 Å². The maximum absolute atomic E-state index is 5.85. The molecule has 1 saturated heterocycles. The molecular weight excluding hydrogens is 402 g/mol. The number of fused-ring (bicyclic) bond motifs is 1. The molecule has 2 fully saturated rings. The van der Waals surface area contributed by atoms with E-state index in [9.17, 15) is 0 Å². The van der Waals surface area contributed by atoms with Gasteiger partial charge in [-0.3, -0.25) is 4.99 Å². The van der Waals surface area contributed by atoms with E-state index in [0.717, 1.165) is 35.4 Å². The molecule has 0 bridgehead atoms. The first kappa shape index (κ1) is 20.2. The Labute approximate surface area is 189 Å². The highest BCUT2D eigenvalue weighted by molar-refractivity contribution is 7.80. The lowest BCUT2D eigenvalue weighted by molar-refractivity contribution is 0.582. The van der Waals surface area contributed by atoms with Crippen molar-refractivity contribution in [2.45, 2.75) is 64.5 Å². The van der Waals surface area contributed by atoms with Crippen LogP contribution >= 0.6 is 12.2 Å². The van der Waals surface area contributed by atoms with E-state index in [0.29, 0.717) is 11.2 Å². The van der Waals surface area contributed by atoms with Gasteiger partial charge in [0.05, 0.1) is 23.4 Å². The van der Waals surface area contributed by atoms with E-state index in [4.69, 9.17) is 17.2 Å². The van der Waals surface area contributed by atoms with Crippen LogP contribution in [0.5, 0.6) is 0 Å². The molecule has 5 nitrogen and oxygen atoms in total. The topological polar surface area (TPSA) is 56.3 Å². The largest absolute Gasteiger partial charge is 0.345 e. The quantitative estimate of drug-likeness (QED) is 0.410. The standard InChI is InChI=1S/C25H29N5S/c1-16-9-11-20(17(2)13-16)23-24(28-18-7-5-3-4-6-8-18)29-25(31)30(23)19-10-12-21-22(14-19)27-15-26-21/h9-15,18,23H,3-8H2,1-2H3,(H,26,27)(H,28,29,31). The highest BCUT2D eigenvalue weighted by Gasteiger charge is 2.37. The number of hydrogen-bond donors (Lipinski definition) is 2. The van der Waals surface area contributed by atoms with Gasteiger partial charge in [0.15, 0.2) is 5.11 Å². The second kappa shape index (κ2) is 8.42. The fourth-order valence-electron chi connectivity index (χ4n) is 4.92. The number of aromatic nitrogens is 2. The fourth-order valence-corrected chi connectivity index (χ4v) is 5.24. The first-order chi connectivity index (χ1) is 15.1. The summed E-state index contributed by atoms with van der Waals surface area (Å²) in [6.45, 7) is 4.32. The fraction of sp³-hybridized carbons (Fsp3) is 0.400. The van der Waals surface area contributed by atoms with Gasteiger partial charge in [-0.2, -0.15) is 0 Å². The predicted molar refractivity (Wildman–Crippen MR) is 132 cm³/mol. The second-order valence-electron chi connectivity index (χ2n) is 8.83. The van der Waals surface area contributed by atoms with E-state index < -0.39 is 0 Å². The lowest BCUT2D eigenvalue weighted by Gasteiger charge is -2.27. The van der Waals surface area contributed by atoms with Crippen molar-refractivity contribution < 1.29 is 0 Å². The minimum absolute atomic E-state index is 0.0447. The maximum Gasteiger partial charge on any atom is 0.179 e. The Kier molecular flexibility index (Phi) is 5.48. The molecule has 0 spiro atoms. The number of nitrogens with one attached hydrogen (secondary N) is 2. The van der Waals surface area contributed by atoms with Crippen LogP contribution in [0.4, 0.5) is 5.69 Å². The highest BCUT2D eigenvalue weighted by atomic mass is 32.1. The first-order valence-electron chi connectivity index (χ1n) is 11.3. The SMILES string of the molecule is Cc1ccc(C2/C(=N\C3CCCCCC3)NC(=S)N2c2ccc3nc[nH]c3c2)c(C)c1. The van der Waals surface area contributed by atoms with Crippen molar-refractivity contribution in [2.24, 2.45) is 4.99 Å². The Morgan fingerprint density at radius 3 is 2.61 bits per heavy atom. The third kappa shape index (κ3) is 3.97. The molecule has 0 amide bonds. The summed E-state index contributed by atoms with van der Waals surface area (Å²) < 4.78 is 0. The minimum Gasteiger partial charge on any atom is -0.345 e. The number of H-pyrrole nitrogens is 1. The van der Waals surface area contributed by atoms with Gasteiger partial charge in [-0.05, 0) is 68.2 Å². The molecule has 2 aromatic carbocycles. The summed E-state index contributed by atoms with van der Waals surface area (Å²) in [5.74, 6) is 0.980. The van der Waals surface area contributed by atoms with Crippen LogP contribution in [0.2, 0.25) is 0 Å². The number of aromatic amines is 1. The minimum atomic E-state index is -0.0447. The number of nitrogens with zero attached hydrogens (tertiary/aromatic N) is 3. The molecular formula is C25H29N5S. The van der Waals surface area contributed by atoms with Crippen molar-refractivity contribution in [2.75, 3.05) is 4.90 Å². The smallest absolute Gasteiger partial charge is 0.179 e. The van der Waals surface area contributed by atoms with E-state index in [2.05, 4.69) is 64.4 Å².